The number of ether oxygens (including phenoxy) is 1. The Morgan fingerprint density at radius 2 is 2.28 bits per heavy atom. The molecule has 102 valence electrons. The number of aliphatic hydroxyl groups is 1. The van der Waals surface area contributed by atoms with Gasteiger partial charge in [-0.2, -0.15) is 0 Å². The summed E-state index contributed by atoms with van der Waals surface area (Å²) in [7, 11) is 0. The van der Waals surface area contributed by atoms with E-state index in [4.69, 9.17) is 4.74 Å². The van der Waals surface area contributed by atoms with Gasteiger partial charge in [-0.3, -0.25) is 4.90 Å². The molecule has 0 spiro atoms. The second-order valence-electron chi connectivity index (χ2n) is 4.71. The van der Waals surface area contributed by atoms with Gasteiger partial charge in [0.05, 0.1) is 19.3 Å². The predicted octanol–water partition coefficient (Wildman–Crippen LogP) is 1.09. The van der Waals surface area contributed by atoms with Crippen molar-refractivity contribution in [2.75, 3.05) is 39.4 Å². The van der Waals surface area contributed by atoms with E-state index in [1.165, 1.54) is 4.88 Å². The molecule has 0 aliphatic carbocycles. The summed E-state index contributed by atoms with van der Waals surface area (Å²) in [4.78, 5) is 3.57. The molecule has 2 atom stereocenters. The van der Waals surface area contributed by atoms with Crippen molar-refractivity contribution in [3.63, 3.8) is 0 Å². The largest absolute Gasteiger partial charge is 0.390 e. The smallest absolute Gasteiger partial charge is 0.0791 e. The van der Waals surface area contributed by atoms with Crippen LogP contribution in [0.5, 0.6) is 0 Å². The van der Waals surface area contributed by atoms with Gasteiger partial charge in [0, 0.05) is 37.1 Å². The standard InChI is InChI=1S/C13H22N2O2S/c1-11(13-3-2-8-18-13)14-9-12(16)10-15-4-6-17-7-5-15/h2-3,8,11-12,14,16H,4-7,9-10H2,1H3. The molecular formula is C13H22N2O2S. The summed E-state index contributed by atoms with van der Waals surface area (Å²) in [5.41, 5.74) is 0. The minimum atomic E-state index is -0.314. The van der Waals surface area contributed by atoms with Crippen molar-refractivity contribution in [1.82, 2.24) is 10.2 Å². The highest BCUT2D eigenvalue weighted by molar-refractivity contribution is 7.10. The van der Waals surface area contributed by atoms with Crippen LogP contribution in [0.3, 0.4) is 0 Å². The summed E-state index contributed by atoms with van der Waals surface area (Å²) in [6.07, 6.45) is -0.314. The molecular weight excluding hydrogens is 248 g/mol. The molecule has 18 heavy (non-hydrogen) atoms. The summed E-state index contributed by atoms with van der Waals surface area (Å²) in [6.45, 7) is 6.92. The second-order valence-corrected chi connectivity index (χ2v) is 5.69. The second kappa shape index (κ2) is 7.21. The average Bonchev–Trinajstić information content (AvgIpc) is 2.91. The van der Waals surface area contributed by atoms with Gasteiger partial charge in [0.1, 0.15) is 0 Å². The highest BCUT2D eigenvalue weighted by Gasteiger charge is 2.15. The van der Waals surface area contributed by atoms with Gasteiger partial charge >= 0.3 is 0 Å². The summed E-state index contributed by atoms with van der Waals surface area (Å²) in [6, 6.07) is 4.49. The average molecular weight is 270 g/mol. The minimum Gasteiger partial charge on any atom is -0.390 e. The zero-order valence-corrected chi connectivity index (χ0v) is 11.7. The molecule has 1 fully saturated rings. The van der Waals surface area contributed by atoms with Crippen LogP contribution in [0.1, 0.15) is 17.8 Å². The number of nitrogens with zero attached hydrogens (tertiary/aromatic N) is 1. The number of aliphatic hydroxyl groups excluding tert-OH is 1. The first kappa shape index (κ1) is 14.0. The van der Waals surface area contributed by atoms with Crippen LogP contribution in [0.15, 0.2) is 17.5 Å². The van der Waals surface area contributed by atoms with Gasteiger partial charge in [0.25, 0.3) is 0 Å². The third kappa shape index (κ3) is 4.33. The fourth-order valence-electron chi connectivity index (χ4n) is 2.10. The molecule has 1 saturated heterocycles. The molecule has 1 aromatic heterocycles. The number of β-amino-alcohol motifs (C(OH)–C–C–N with tert-alkyl or cyclic N) is 1. The lowest BCUT2D eigenvalue weighted by Gasteiger charge is -2.29. The molecule has 1 aliphatic heterocycles. The van der Waals surface area contributed by atoms with Crippen LogP contribution in [0.4, 0.5) is 0 Å². The van der Waals surface area contributed by atoms with E-state index in [9.17, 15) is 5.11 Å². The van der Waals surface area contributed by atoms with E-state index in [0.717, 1.165) is 32.8 Å². The Morgan fingerprint density at radius 1 is 1.50 bits per heavy atom. The Labute approximate surface area is 113 Å². The molecule has 5 heteroatoms. The van der Waals surface area contributed by atoms with E-state index >= 15 is 0 Å². The number of nitrogens with one attached hydrogen (secondary N) is 1. The van der Waals surface area contributed by atoms with Gasteiger partial charge in [0.15, 0.2) is 0 Å². The van der Waals surface area contributed by atoms with Crippen LogP contribution < -0.4 is 5.32 Å². The van der Waals surface area contributed by atoms with E-state index in [0.29, 0.717) is 12.6 Å². The normalized spacial score (nSPS) is 20.8. The highest BCUT2D eigenvalue weighted by atomic mass is 32.1. The van der Waals surface area contributed by atoms with Crippen molar-refractivity contribution in [2.45, 2.75) is 19.1 Å². The lowest BCUT2D eigenvalue weighted by atomic mass is 10.2. The minimum absolute atomic E-state index is 0.310. The molecule has 4 nitrogen and oxygen atoms in total. The third-order valence-corrected chi connectivity index (χ3v) is 4.26. The summed E-state index contributed by atoms with van der Waals surface area (Å²) in [5.74, 6) is 0. The fourth-order valence-corrected chi connectivity index (χ4v) is 2.86. The molecule has 2 unspecified atom stereocenters. The Morgan fingerprint density at radius 3 is 2.94 bits per heavy atom. The van der Waals surface area contributed by atoms with Crippen LogP contribution >= 0.6 is 11.3 Å². The van der Waals surface area contributed by atoms with Gasteiger partial charge in [-0.1, -0.05) is 6.07 Å². The molecule has 1 aromatic rings. The third-order valence-electron chi connectivity index (χ3n) is 3.20. The van der Waals surface area contributed by atoms with Gasteiger partial charge in [-0.15, -0.1) is 11.3 Å². The van der Waals surface area contributed by atoms with Crippen LogP contribution in [-0.4, -0.2) is 55.5 Å². The maximum atomic E-state index is 10.0. The van der Waals surface area contributed by atoms with Crippen LogP contribution in [-0.2, 0) is 4.74 Å². The molecule has 2 N–H and O–H groups in total. The molecule has 0 radical (unpaired) electrons. The number of hydrogen-bond acceptors (Lipinski definition) is 5. The summed E-state index contributed by atoms with van der Waals surface area (Å²) in [5, 5.41) is 15.5. The van der Waals surface area contributed by atoms with Crippen LogP contribution in [0.2, 0.25) is 0 Å². The molecule has 0 bridgehead atoms. The topological polar surface area (TPSA) is 44.7 Å². The molecule has 2 rings (SSSR count). The van der Waals surface area contributed by atoms with Crippen molar-refractivity contribution < 1.29 is 9.84 Å². The van der Waals surface area contributed by atoms with Gasteiger partial charge in [-0.05, 0) is 18.4 Å². The van der Waals surface area contributed by atoms with Crippen molar-refractivity contribution in [2.24, 2.45) is 0 Å². The SMILES string of the molecule is CC(NCC(O)CN1CCOCC1)c1cccs1. The van der Waals surface area contributed by atoms with E-state index in [1.54, 1.807) is 11.3 Å². The van der Waals surface area contributed by atoms with Crippen molar-refractivity contribution in [3.05, 3.63) is 22.4 Å². The van der Waals surface area contributed by atoms with E-state index in [1.807, 2.05) is 0 Å². The fraction of sp³-hybridized carbons (Fsp3) is 0.692. The first-order valence-corrected chi connectivity index (χ1v) is 7.38. The van der Waals surface area contributed by atoms with E-state index in [-0.39, 0.29) is 6.10 Å². The maximum absolute atomic E-state index is 10.0. The molecule has 0 amide bonds. The predicted molar refractivity (Wildman–Crippen MR) is 74.0 cm³/mol. The van der Waals surface area contributed by atoms with Crippen molar-refractivity contribution in [1.29, 1.82) is 0 Å². The first-order valence-electron chi connectivity index (χ1n) is 6.50. The Hall–Kier alpha value is -0.460. The molecule has 0 saturated carbocycles. The zero-order chi connectivity index (χ0) is 12.8. The first-order chi connectivity index (χ1) is 8.75. The lowest BCUT2D eigenvalue weighted by Crippen LogP contribution is -2.44. The van der Waals surface area contributed by atoms with Gasteiger partial charge < -0.3 is 15.2 Å². The number of hydrogen-bond donors (Lipinski definition) is 2. The van der Waals surface area contributed by atoms with Gasteiger partial charge in [0.2, 0.25) is 0 Å². The number of morpholine rings is 1. The maximum Gasteiger partial charge on any atom is 0.0791 e. The zero-order valence-electron chi connectivity index (χ0n) is 10.8. The van der Waals surface area contributed by atoms with Crippen molar-refractivity contribution in [3.8, 4) is 0 Å². The monoisotopic (exact) mass is 270 g/mol. The summed E-state index contributed by atoms with van der Waals surface area (Å²) < 4.78 is 5.29. The van der Waals surface area contributed by atoms with Crippen molar-refractivity contribution >= 4 is 11.3 Å². The summed E-state index contributed by atoms with van der Waals surface area (Å²) >= 11 is 1.75. The Bertz CT molecular complexity index is 326. The van der Waals surface area contributed by atoms with E-state index < -0.39 is 0 Å². The molecule has 2 heterocycles. The Balaban J connectivity index is 1.66. The van der Waals surface area contributed by atoms with E-state index in [2.05, 4.69) is 34.7 Å². The van der Waals surface area contributed by atoms with Crippen LogP contribution in [0.25, 0.3) is 0 Å². The lowest BCUT2D eigenvalue weighted by molar-refractivity contribution is 0.0145. The molecule has 0 aromatic carbocycles. The highest BCUT2D eigenvalue weighted by Crippen LogP contribution is 2.17. The Kier molecular flexibility index (Phi) is 5.59. The number of rotatable bonds is 6. The quantitative estimate of drug-likeness (QED) is 0.812. The van der Waals surface area contributed by atoms with Crippen LogP contribution in [0, 0.1) is 0 Å². The van der Waals surface area contributed by atoms with Gasteiger partial charge in [-0.25, -0.2) is 0 Å². The number of thiophene rings is 1. The molecule has 1 aliphatic rings.